The molecule has 0 saturated carbocycles. The van der Waals surface area contributed by atoms with E-state index in [4.69, 9.17) is 10.6 Å². The van der Waals surface area contributed by atoms with E-state index < -0.39 is 21.4 Å². The highest BCUT2D eigenvalue weighted by atomic mass is 32.2. The lowest BCUT2D eigenvalue weighted by Gasteiger charge is -2.12. The topological polar surface area (TPSA) is 102 Å². The van der Waals surface area contributed by atoms with Gasteiger partial charge in [-0.05, 0) is 29.8 Å². The van der Waals surface area contributed by atoms with Gasteiger partial charge in [-0.3, -0.25) is 0 Å². The van der Waals surface area contributed by atoms with Crippen LogP contribution in [0.15, 0.2) is 53.1 Å². The molecule has 0 aliphatic rings. The lowest BCUT2D eigenvalue weighted by Crippen LogP contribution is -2.09. The maximum Gasteiger partial charge on any atom is 0.227 e. The molecule has 1 atom stereocenters. The molecule has 3 aromatic rings. The van der Waals surface area contributed by atoms with Crippen molar-refractivity contribution in [2.75, 3.05) is 18.2 Å². The zero-order chi connectivity index (χ0) is 21.7. The highest BCUT2D eigenvalue weighted by Gasteiger charge is 2.15. The maximum absolute atomic E-state index is 14.4. The Labute approximate surface area is 173 Å². The summed E-state index contributed by atoms with van der Waals surface area (Å²) >= 11 is 0. The monoisotopic (exact) mass is 433 g/mol. The second-order valence-electron chi connectivity index (χ2n) is 6.37. The molecular weight excluding hydrogens is 412 g/mol. The van der Waals surface area contributed by atoms with Gasteiger partial charge in [-0.25, -0.2) is 28.8 Å². The highest BCUT2D eigenvalue weighted by Crippen LogP contribution is 2.31. The third-order valence-electron chi connectivity index (χ3n) is 4.38. The lowest BCUT2D eigenvalue weighted by atomic mass is 10.1. The summed E-state index contributed by atoms with van der Waals surface area (Å²) in [5, 5.41) is 2.99. The van der Waals surface area contributed by atoms with Crippen molar-refractivity contribution in [3.63, 3.8) is 0 Å². The number of nitrogens with zero attached hydrogens (tertiary/aromatic N) is 3. The predicted octanol–water partition coefficient (Wildman–Crippen LogP) is 4.04. The van der Waals surface area contributed by atoms with Crippen LogP contribution in [0.4, 0.5) is 20.4 Å². The molecule has 2 aromatic carbocycles. The van der Waals surface area contributed by atoms with Gasteiger partial charge in [-0.15, -0.1) is 0 Å². The normalized spacial score (nSPS) is 12.8. The summed E-state index contributed by atoms with van der Waals surface area (Å²) < 4.78 is 49.0. The fourth-order valence-electron chi connectivity index (χ4n) is 2.82. The Kier molecular flexibility index (Phi) is 6.58. The highest BCUT2D eigenvalue weighted by molar-refractivity contribution is 7.92. The number of hydrogen-bond donors (Lipinski definition) is 2. The average molecular weight is 433 g/mol. The van der Waals surface area contributed by atoms with Crippen molar-refractivity contribution in [3.8, 4) is 17.0 Å². The first-order valence-corrected chi connectivity index (χ1v) is 10.9. The first kappa shape index (κ1) is 21.6. The smallest absolute Gasteiger partial charge is 0.227 e. The van der Waals surface area contributed by atoms with Gasteiger partial charge in [0, 0.05) is 23.1 Å². The van der Waals surface area contributed by atoms with Gasteiger partial charge >= 0.3 is 0 Å². The summed E-state index contributed by atoms with van der Waals surface area (Å²) in [6, 6.07) is 10.9. The van der Waals surface area contributed by atoms with Crippen LogP contribution in [0.2, 0.25) is 0 Å². The summed E-state index contributed by atoms with van der Waals surface area (Å²) in [7, 11) is -1.15. The van der Waals surface area contributed by atoms with Crippen molar-refractivity contribution in [1.29, 1.82) is 0 Å². The van der Waals surface area contributed by atoms with E-state index in [1.165, 1.54) is 19.2 Å². The second-order valence-corrected chi connectivity index (χ2v) is 8.99. The molecular formula is C20H21F2N5O2S. The van der Waals surface area contributed by atoms with Crippen LogP contribution in [0.3, 0.4) is 0 Å². The first-order valence-electron chi connectivity index (χ1n) is 9.01. The zero-order valence-electron chi connectivity index (χ0n) is 16.4. The van der Waals surface area contributed by atoms with E-state index in [-0.39, 0.29) is 23.1 Å². The summed E-state index contributed by atoms with van der Waals surface area (Å²) in [5.74, 6) is 4.94. The molecule has 0 radical (unpaired) electrons. The van der Waals surface area contributed by atoms with Crippen LogP contribution in [0.25, 0.3) is 11.3 Å². The third-order valence-corrected chi connectivity index (χ3v) is 6.45. The number of nitrogens with two attached hydrogens (primary N) is 1. The van der Waals surface area contributed by atoms with Crippen molar-refractivity contribution in [2.45, 2.75) is 12.7 Å². The number of aromatic nitrogens is 2. The molecule has 0 aliphatic carbocycles. The van der Waals surface area contributed by atoms with Gasteiger partial charge in [0.25, 0.3) is 0 Å². The van der Waals surface area contributed by atoms with E-state index in [1.807, 2.05) is 6.07 Å². The standard InChI is InChI=1S/C20H21F2N5O2S/c1-3-30(28,27-23)12-13-5-4-6-15(9-13)25-20-24-11-17(22)19(26-20)16-8-7-14(21)10-18(16)29-2/h4-11H,3,12,23H2,1-2H3,(H,24,25,26). The van der Waals surface area contributed by atoms with E-state index in [2.05, 4.69) is 19.8 Å². The summed E-state index contributed by atoms with van der Waals surface area (Å²) in [4.78, 5) is 8.18. The molecule has 30 heavy (non-hydrogen) atoms. The predicted molar refractivity (Wildman–Crippen MR) is 113 cm³/mol. The van der Waals surface area contributed by atoms with E-state index in [0.29, 0.717) is 17.0 Å². The molecule has 0 amide bonds. The SMILES string of the molecule is CCS(=O)(Cc1cccc(Nc2ncc(F)c(-c3ccc(F)cc3OC)n2)c1)=NN. The third kappa shape index (κ3) is 4.89. The Morgan fingerprint density at radius 2 is 2.03 bits per heavy atom. The molecule has 0 spiro atoms. The van der Waals surface area contributed by atoms with E-state index in [0.717, 1.165) is 17.8 Å². The van der Waals surface area contributed by atoms with Crippen molar-refractivity contribution < 1.29 is 17.7 Å². The summed E-state index contributed by atoms with van der Waals surface area (Å²) in [6.07, 6.45) is 1.02. The van der Waals surface area contributed by atoms with Gasteiger partial charge in [-0.1, -0.05) is 19.1 Å². The quantitative estimate of drug-likeness (QED) is 0.431. The Balaban J connectivity index is 1.92. The Hall–Kier alpha value is -3.11. The summed E-state index contributed by atoms with van der Waals surface area (Å²) in [6.45, 7) is 1.76. The van der Waals surface area contributed by atoms with Gasteiger partial charge in [0.15, 0.2) is 5.82 Å². The molecule has 0 saturated heterocycles. The molecule has 1 unspecified atom stereocenters. The van der Waals surface area contributed by atoms with Crippen LogP contribution in [0, 0.1) is 11.6 Å². The molecule has 158 valence electrons. The number of ether oxygens (including phenoxy) is 1. The molecule has 3 N–H and O–H groups in total. The first-order chi connectivity index (χ1) is 14.4. The molecule has 0 fully saturated rings. The second kappa shape index (κ2) is 9.14. The molecule has 0 bridgehead atoms. The number of nitrogens with one attached hydrogen (secondary N) is 1. The molecule has 1 aromatic heterocycles. The van der Waals surface area contributed by atoms with Crippen molar-refractivity contribution in [3.05, 3.63) is 65.9 Å². The fourth-order valence-corrected chi connectivity index (χ4v) is 3.95. The Bertz CT molecular complexity index is 1180. The van der Waals surface area contributed by atoms with E-state index in [9.17, 15) is 13.0 Å². The molecule has 3 rings (SSSR count). The average Bonchev–Trinajstić information content (AvgIpc) is 2.75. The van der Waals surface area contributed by atoms with E-state index >= 15 is 0 Å². The summed E-state index contributed by atoms with van der Waals surface area (Å²) in [5.41, 5.74) is 1.65. The van der Waals surface area contributed by atoms with Crippen LogP contribution >= 0.6 is 0 Å². The molecule has 1 heterocycles. The molecule has 7 nitrogen and oxygen atoms in total. The Morgan fingerprint density at radius 1 is 1.23 bits per heavy atom. The number of methoxy groups -OCH3 is 1. The number of benzene rings is 2. The van der Waals surface area contributed by atoms with Crippen molar-refractivity contribution in [2.24, 2.45) is 10.3 Å². The number of hydrogen-bond acceptors (Lipinski definition) is 6. The van der Waals surface area contributed by atoms with Crippen LogP contribution in [0.5, 0.6) is 5.75 Å². The minimum absolute atomic E-state index is 0.0311. The Morgan fingerprint density at radius 3 is 2.73 bits per heavy atom. The van der Waals surface area contributed by atoms with Gasteiger partial charge in [-0.2, -0.15) is 4.47 Å². The number of anilines is 2. The maximum atomic E-state index is 14.4. The van der Waals surface area contributed by atoms with Crippen LogP contribution < -0.4 is 15.9 Å². The van der Waals surface area contributed by atoms with Crippen molar-refractivity contribution >= 4 is 21.4 Å². The van der Waals surface area contributed by atoms with Gasteiger partial charge in [0.2, 0.25) is 5.95 Å². The van der Waals surface area contributed by atoms with Gasteiger partial charge in [0.1, 0.15) is 17.3 Å². The number of halogens is 2. The largest absolute Gasteiger partial charge is 0.496 e. The van der Waals surface area contributed by atoms with Crippen LogP contribution in [-0.4, -0.2) is 27.0 Å². The fraction of sp³-hybridized carbons (Fsp3) is 0.200. The van der Waals surface area contributed by atoms with Gasteiger partial charge in [0.05, 0.1) is 28.8 Å². The minimum Gasteiger partial charge on any atom is -0.496 e. The van der Waals surface area contributed by atoms with Crippen LogP contribution in [0.1, 0.15) is 12.5 Å². The molecule has 0 aliphatic heterocycles. The van der Waals surface area contributed by atoms with Crippen LogP contribution in [-0.2, 0) is 15.5 Å². The van der Waals surface area contributed by atoms with Crippen molar-refractivity contribution in [1.82, 2.24) is 9.97 Å². The van der Waals surface area contributed by atoms with E-state index in [1.54, 1.807) is 25.1 Å². The number of rotatable bonds is 7. The molecule has 10 heteroatoms. The van der Waals surface area contributed by atoms with Gasteiger partial charge < -0.3 is 10.1 Å². The lowest BCUT2D eigenvalue weighted by molar-refractivity contribution is 0.412. The zero-order valence-corrected chi connectivity index (χ0v) is 17.2. The minimum atomic E-state index is -2.52.